The maximum absolute atomic E-state index is 12.9. The number of carboxylic acid groups (broad SMARTS) is 1. The van der Waals surface area contributed by atoms with Crippen LogP contribution in [0.15, 0.2) is 18.2 Å². The summed E-state index contributed by atoms with van der Waals surface area (Å²) in [6.45, 7) is 4.81. The molecule has 27 heavy (non-hydrogen) atoms. The van der Waals surface area contributed by atoms with Crippen LogP contribution in [0.5, 0.6) is 0 Å². The van der Waals surface area contributed by atoms with E-state index in [0.717, 1.165) is 4.90 Å². The van der Waals surface area contributed by atoms with Gasteiger partial charge in [0.2, 0.25) is 0 Å². The maximum Gasteiger partial charge on any atom is 0.308 e. The number of nitrogens with zero attached hydrogens (tertiary/aromatic N) is 2. The van der Waals surface area contributed by atoms with Gasteiger partial charge < -0.3 is 14.7 Å². The minimum absolute atomic E-state index is 0.0458. The van der Waals surface area contributed by atoms with Crippen molar-refractivity contribution in [3.63, 3.8) is 0 Å². The summed E-state index contributed by atoms with van der Waals surface area (Å²) < 4.78 is 5.28. The number of hydrogen-bond acceptors (Lipinski definition) is 5. The van der Waals surface area contributed by atoms with Crippen LogP contribution in [-0.4, -0.2) is 71.9 Å². The average molecular weight is 376 g/mol. The normalized spacial score (nSPS) is 14.3. The summed E-state index contributed by atoms with van der Waals surface area (Å²) in [7, 11) is 1.39. The lowest BCUT2D eigenvalue weighted by molar-refractivity contribution is -0.141. The third kappa shape index (κ3) is 4.51. The van der Waals surface area contributed by atoms with Gasteiger partial charge in [-0.25, -0.2) is 0 Å². The number of carbonyl (C=O) groups is 4. The zero-order valence-electron chi connectivity index (χ0n) is 15.7. The lowest BCUT2D eigenvalue weighted by atomic mass is 10.0. The van der Waals surface area contributed by atoms with Gasteiger partial charge >= 0.3 is 5.97 Å². The van der Waals surface area contributed by atoms with Crippen molar-refractivity contribution in [1.29, 1.82) is 0 Å². The van der Waals surface area contributed by atoms with Crippen LogP contribution in [0.3, 0.4) is 0 Å². The van der Waals surface area contributed by atoms with Crippen LogP contribution >= 0.6 is 0 Å². The summed E-state index contributed by atoms with van der Waals surface area (Å²) in [4.78, 5) is 50.7. The van der Waals surface area contributed by atoms with Gasteiger partial charge in [0.1, 0.15) is 0 Å². The number of amides is 3. The quantitative estimate of drug-likeness (QED) is 0.517. The van der Waals surface area contributed by atoms with Gasteiger partial charge in [0, 0.05) is 38.9 Å². The van der Waals surface area contributed by atoms with Crippen molar-refractivity contribution in [2.45, 2.75) is 20.3 Å². The first-order valence-corrected chi connectivity index (χ1v) is 8.84. The molecule has 0 saturated heterocycles. The van der Waals surface area contributed by atoms with Gasteiger partial charge in [-0.15, -0.1) is 0 Å². The average Bonchev–Trinajstić information content (AvgIpc) is 2.87. The summed E-state index contributed by atoms with van der Waals surface area (Å²) >= 11 is 0. The predicted octanol–water partition coefficient (Wildman–Crippen LogP) is 1.50. The largest absolute Gasteiger partial charge is 0.481 e. The van der Waals surface area contributed by atoms with Crippen molar-refractivity contribution >= 4 is 23.7 Å². The van der Waals surface area contributed by atoms with Crippen LogP contribution in [0.4, 0.5) is 0 Å². The number of rotatable bonds is 9. The van der Waals surface area contributed by atoms with E-state index in [-0.39, 0.29) is 29.1 Å². The van der Waals surface area contributed by atoms with Gasteiger partial charge in [-0.05, 0) is 31.5 Å². The van der Waals surface area contributed by atoms with Crippen molar-refractivity contribution < 1.29 is 29.0 Å². The number of imide groups is 1. The summed E-state index contributed by atoms with van der Waals surface area (Å²) in [6.07, 6.45) is 0.566. The molecule has 1 atom stereocenters. The Kier molecular flexibility index (Phi) is 6.68. The molecule has 1 N–H and O–H groups in total. The zero-order chi connectivity index (χ0) is 20.1. The number of carbonyl (C=O) groups excluding carboxylic acids is 3. The Bertz CT molecular complexity index is 761. The van der Waals surface area contributed by atoms with E-state index >= 15 is 0 Å². The number of fused-ring (bicyclic) bond motifs is 1. The highest BCUT2D eigenvalue weighted by Crippen LogP contribution is 2.23. The molecule has 3 amide bonds. The second-order valence-corrected chi connectivity index (χ2v) is 6.47. The number of hydrogen-bond donors (Lipinski definition) is 1. The Morgan fingerprint density at radius 1 is 1.22 bits per heavy atom. The highest BCUT2D eigenvalue weighted by atomic mass is 16.5. The lowest BCUT2D eigenvalue weighted by Gasteiger charge is -2.25. The second kappa shape index (κ2) is 8.77. The maximum atomic E-state index is 12.9. The fourth-order valence-corrected chi connectivity index (χ4v) is 2.86. The van der Waals surface area contributed by atoms with Gasteiger partial charge in [-0.2, -0.15) is 0 Å². The fourth-order valence-electron chi connectivity index (χ4n) is 2.86. The van der Waals surface area contributed by atoms with Crippen LogP contribution in [0.25, 0.3) is 0 Å². The van der Waals surface area contributed by atoms with Gasteiger partial charge in [0.15, 0.2) is 0 Å². The monoisotopic (exact) mass is 376 g/mol. The molecule has 0 spiro atoms. The smallest absolute Gasteiger partial charge is 0.308 e. The van der Waals surface area contributed by atoms with Gasteiger partial charge in [-0.3, -0.25) is 24.1 Å². The molecule has 0 bridgehead atoms. The number of carboxylic acids is 1. The Hall–Kier alpha value is -2.74. The summed E-state index contributed by atoms with van der Waals surface area (Å²) in [5, 5.41) is 9.16. The molecule has 0 aromatic heterocycles. The number of benzene rings is 1. The molecule has 8 heteroatoms. The van der Waals surface area contributed by atoms with Crippen LogP contribution in [0.1, 0.15) is 51.3 Å². The van der Waals surface area contributed by atoms with Crippen molar-refractivity contribution in [3.05, 3.63) is 34.9 Å². The molecule has 0 radical (unpaired) electrons. The molecule has 146 valence electrons. The van der Waals surface area contributed by atoms with E-state index in [1.54, 1.807) is 0 Å². The summed E-state index contributed by atoms with van der Waals surface area (Å²) in [6, 6.07) is 4.36. The Balaban J connectivity index is 2.22. The molecular formula is C19H24N2O6. The first-order chi connectivity index (χ1) is 12.8. The fraction of sp³-hybridized carbons (Fsp3) is 0.474. The Labute approximate surface area is 157 Å². The molecule has 1 unspecified atom stereocenters. The molecule has 2 rings (SSSR count). The number of ether oxygens (including phenoxy) is 1. The SMILES string of the molecule is CCOCCCN(CC(C)C(=O)O)C(=O)c1ccc2c(c1)C(=O)N(C)C2=O. The first-order valence-electron chi connectivity index (χ1n) is 8.84. The van der Waals surface area contributed by atoms with Gasteiger partial charge in [-0.1, -0.05) is 6.92 Å². The van der Waals surface area contributed by atoms with E-state index in [2.05, 4.69) is 0 Å². The summed E-state index contributed by atoms with van der Waals surface area (Å²) in [5.41, 5.74) is 0.703. The van der Waals surface area contributed by atoms with Crippen LogP contribution in [0.2, 0.25) is 0 Å². The molecule has 1 aromatic carbocycles. The van der Waals surface area contributed by atoms with Crippen molar-refractivity contribution in [2.75, 3.05) is 33.4 Å². The van der Waals surface area contributed by atoms with E-state index in [1.165, 1.54) is 37.1 Å². The molecule has 0 fully saturated rings. The first kappa shape index (κ1) is 20.6. The Morgan fingerprint density at radius 2 is 1.89 bits per heavy atom. The van der Waals surface area contributed by atoms with Crippen LogP contribution in [-0.2, 0) is 9.53 Å². The third-order valence-electron chi connectivity index (χ3n) is 4.46. The van der Waals surface area contributed by atoms with E-state index in [0.29, 0.717) is 26.2 Å². The van der Waals surface area contributed by atoms with Crippen LogP contribution < -0.4 is 0 Å². The number of aliphatic carboxylic acids is 1. The molecule has 1 aliphatic rings. The van der Waals surface area contributed by atoms with E-state index in [1.807, 2.05) is 6.92 Å². The zero-order valence-corrected chi connectivity index (χ0v) is 15.7. The van der Waals surface area contributed by atoms with Gasteiger partial charge in [0.05, 0.1) is 17.0 Å². The molecule has 0 aliphatic carbocycles. The Morgan fingerprint density at radius 3 is 2.52 bits per heavy atom. The lowest BCUT2D eigenvalue weighted by Crippen LogP contribution is -2.38. The highest BCUT2D eigenvalue weighted by Gasteiger charge is 2.33. The van der Waals surface area contributed by atoms with Gasteiger partial charge in [0.25, 0.3) is 17.7 Å². The molecule has 1 aliphatic heterocycles. The molecule has 1 heterocycles. The molecule has 0 saturated carbocycles. The minimum Gasteiger partial charge on any atom is -0.481 e. The third-order valence-corrected chi connectivity index (χ3v) is 4.46. The van der Waals surface area contributed by atoms with E-state index in [4.69, 9.17) is 9.84 Å². The van der Waals surface area contributed by atoms with Crippen LogP contribution in [0, 0.1) is 5.92 Å². The molecular weight excluding hydrogens is 352 g/mol. The van der Waals surface area contributed by atoms with E-state index < -0.39 is 23.7 Å². The topological polar surface area (TPSA) is 104 Å². The summed E-state index contributed by atoms with van der Waals surface area (Å²) in [5.74, 6) is -2.95. The van der Waals surface area contributed by atoms with E-state index in [9.17, 15) is 19.2 Å². The van der Waals surface area contributed by atoms with Crippen molar-refractivity contribution in [1.82, 2.24) is 9.80 Å². The standard InChI is InChI=1S/C19H24N2O6/c1-4-27-9-5-8-21(11-12(2)19(25)26)16(22)13-6-7-14-15(10-13)18(24)20(3)17(14)23/h6-7,10,12H,4-5,8-9,11H2,1-3H3,(H,25,26). The van der Waals surface area contributed by atoms with Crippen molar-refractivity contribution in [3.8, 4) is 0 Å². The molecule has 1 aromatic rings. The molecule has 8 nitrogen and oxygen atoms in total. The highest BCUT2D eigenvalue weighted by molar-refractivity contribution is 6.21. The minimum atomic E-state index is -0.992. The van der Waals surface area contributed by atoms with Crippen molar-refractivity contribution in [2.24, 2.45) is 5.92 Å². The second-order valence-electron chi connectivity index (χ2n) is 6.47. The predicted molar refractivity (Wildman–Crippen MR) is 96.7 cm³/mol.